The van der Waals surface area contributed by atoms with Crippen molar-refractivity contribution in [3.8, 4) is 17.8 Å². The molecule has 0 saturated carbocycles. The number of ether oxygens (including phenoxy) is 1. The third-order valence-electron chi connectivity index (χ3n) is 2.50. The fourth-order valence-electron chi connectivity index (χ4n) is 1.44. The van der Waals surface area contributed by atoms with Crippen molar-refractivity contribution in [3.05, 3.63) is 28.3 Å². The SMILES string of the molecule is CCCCNC(=O)OC#CCI.Cc1cc(O)cc(C)c1Cl. The first-order chi connectivity index (χ1) is 10.4. The summed E-state index contributed by atoms with van der Waals surface area (Å²) in [5.74, 6) is 2.90. The molecule has 1 rings (SSSR count). The molecule has 2 N–H and O–H groups in total. The summed E-state index contributed by atoms with van der Waals surface area (Å²) in [4.78, 5) is 10.8. The Bertz CT molecular complexity index is 515. The number of unbranched alkanes of at least 4 members (excludes halogenated alkanes) is 1. The van der Waals surface area contributed by atoms with Gasteiger partial charge in [-0.3, -0.25) is 0 Å². The molecule has 0 aliphatic rings. The van der Waals surface area contributed by atoms with Crippen LogP contribution >= 0.6 is 34.2 Å². The summed E-state index contributed by atoms with van der Waals surface area (Å²) in [6, 6.07) is 3.30. The standard InChI is InChI=1S/C8H9ClO.C8H12INO2/c1-5-3-7(10)4-6(2)8(5)9;1-2-3-6-10-8(11)12-7-4-5-9/h3-4,10H,1-2H3;2-3,5-6H2,1H3,(H,10,11). The van der Waals surface area contributed by atoms with E-state index in [2.05, 4.69) is 51.6 Å². The molecule has 1 amide bonds. The second kappa shape index (κ2) is 12.4. The van der Waals surface area contributed by atoms with Gasteiger partial charge >= 0.3 is 6.09 Å². The van der Waals surface area contributed by atoms with Gasteiger partial charge in [0.2, 0.25) is 0 Å². The Morgan fingerprint density at radius 3 is 2.50 bits per heavy atom. The summed E-state index contributed by atoms with van der Waals surface area (Å²) in [6.07, 6.45) is 3.86. The summed E-state index contributed by atoms with van der Waals surface area (Å²) in [6.45, 7) is 6.45. The van der Waals surface area contributed by atoms with E-state index >= 15 is 0 Å². The van der Waals surface area contributed by atoms with Crippen LogP contribution in [0, 0.1) is 25.9 Å². The van der Waals surface area contributed by atoms with Crippen molar-refractivity contribution < 1.29 is 14.6 Å². The second-order valence-corrected chi connectivity index (χ2v) is 5.62. The molecule has 0 heterocycles. The number of aromatic hydroxyl groups is 1. The molecule has 4 nitrogen and oxygen atoms in total. The van der Waals surface area contributed by atoms with Gasteiger partial charge < -0.3 is 15.2 Å². The molecule has 0 spiro atoms. The molecule has 0 atom stereocenters. The van der Waals surface area contributed by atoms with Gasteiger partial charge in [-0.1, -0.05) is 47.5 Å². The Labute approximate surface area is 150 Å². The van der Waals surface area contributed by atoms with Crippen LogP contribution in [0.1, 0.15) is 30.9 Å². The Morgan fingerprint density at radius 1 is 1.41 bits per heavy atom. The Morgan fingerprint density at radius 2 is 2.00 bits per heavy atom. The Hall–Kier alpha value is -1.13. The molecule has 0 fully saturated rings. The van der Waals surface area contributed by atoms with Crippen molar-refractivity contribution in [2.24, 2.45) is 0 Å². The summed E-state index contributed by atoms with van der Waals surface area (Å²) in [5.41, 5.74) is 1.83. The van der Waals surface area contributed by atoms with Gasteiger partial charge in [0, 0.05) is 11.6 Å². The lowest BCUT2D eigenvalue weighted by Crippen LogP contribution is -2.23. The number of benzene rings is 1. The number of halogens is 2. The lowest BCUT2D eigenvalue weighted by molar-refractivity contribution is 0.191. The fourth-order valence-corrected chi connectivity index (χ4v) is 1.70. The van der Waals surface area contributed by atoms with Crippen molar-refractivity contribution in [3.63, 3.8) is 0 Å². The van der Waals surface area contributed by atoms with Gasteiger partial charge in [-0.25, -0.2) is 4.79 Å². The van der Waals surface area contributed by atoms with Gasteiger partial charge in [0.25, 0.3) is 0 Å². The number of alkyl halides is 1. The van der Waals surface area contributed by atoms with E-state index in [0.29, 0.717) is 11.0 Å². The van der Waals surface area contributed by atoms with Crippen molar-refractivity contribution in [2.45, 2.75) is 33.6 Å². The van der Waals surface area contributed by atoms with Gasteiger partial charge in [-0.15, -0.1) is 0 Å². The zero-order valence-corrected chi connectivity index (χ0v) is 15.9. The molecule has 22 heavy (non-hydrogen) atoms. The Kier molecular flexibility index (Phi) is 11.8. The van der Waals surface area contributed by atoms with E-state index in [4.69, 9.17) is 16.7 Å². The largest absolute Gasteiger partial charge is 0.508 e. The highest BCUT2D eigenvalue weighted by molar-refractivity contribution is 14.1. The number of rotatable bonds is 3. The maximum Gasteiger partial charge on any atom is 0.421 e. The van der Waals surface area contributed by atoms with Gasteiger partial charge in [0.15, 0.2) is 0 Å². The molecule has 0 aliphatic carbocycles. The van der Waals surface area contributed by atoms with E-state index < -0.39 is 6.09 Å². The first-order valence-electron chi connectivity index (χ1n) is 6.86. The number of nitrogens with one attached hydrogen (secondary N) is 1. The average Bonchev–Trinajstić information content (AvgIpc) is 2.46. The maximum absolute atomic E-state index is 10.8. The summed E-state index contributed by atoms with van der Waals surface area (Å²) >= 11 is 7.92. The van der Waals surface area contributed by atoms with Crippen LogP contribution in [0.3, 0.4) is 0 Å². The smallest absolute Gasteiger partial charge is 0.421 e. The molecule has 0 saturated heterocycles. The number of amides is 1. The van der Waals surface area contributed by atoms with E-state index in [0.717, 1.165) is 29.0 Å². The van der Waals surface area contributed by atoms with E-state index in [1.54, 1.807) is 12.1 Å². The number of phenols is 1. The van der Waals surface area contributed by atoms with E-state index in [-0.39, 0.29) is 5.75 Å². The number of aryl methyl sites for hydroxylation is 2. The molecule has 122 valence electrons. The molecule has 0 unspecified atom stereocenters. The van der Waals surface area contributed by atoms with Crippen LogP contribution in [0.4, 0.5) is 4.79 Å². The topological polar surface area (TPSA) is 58.6 Å². The average molecular weight is 438 g/mol. The highest BCUT2D eigenvalue weighted by Gasteiger charge is 2.00. The normalized spacial score (nSPS) is 8.95. The Balaban J connectivity index is 0.000000406. The highest BCUT2D eigenvalue weighted by Crippen LogP contribution is 2.24. The molecule has 0 aliphatic heterocycles. The monoisotopic (exact) mass is 437 g/mol. The van der Waals surface area contributed by atoms with Gasteiger partial charge in [-0.05, 0) is 49.4 Å². The first-order valence-corrected chi connectivity index (χ1v) is 8.76. The van der Waals surface area contributed by atoms with Crippen molar-refractivity contribution in [1.29, 1.82) is 0 Å². The van der Waals surface area contributed by atoms with Crippen LogP contribution in [-0.4, -0.2) is 22.2 Å². The molecule has 0 aromatic heterocycles. The number of carbonyl (C=O) groups excluding carboxylic acids is 1. The minimum Gasteiger partial charge on any atom is -0.508 e. The number of carbonyl (C=O) groups is 1. The van der Waals surface area contributed by atoms with Gasteiger partial charge in [0.05, 0.1) is 4.43 Å². The fraction of sp³-hybridized carbons (Fsp3) is 0.438. The van der Waals surface area contributed by atoms with Crippen molar-refractivity contribution in [1.82, 2.24) is 5.32 Å². The molecule has 0 bridgehead atoms. The molecular weight excluding hydrogens is 417 g/mol. The molecular formula is C16H21ClINO3. The quantitative estimate of drug-likeness (QED) is 0.315. The van der Waals surface area contributed by atoms with Crippen LogP contribution in [0.25, 0.3) is 0 Å². The van der Waals surface area contributed by atoms with Crippen LogP contribution in [0.15, 0.2) is 12.1 Å². The lowest BCUT2D eigenvalue weighted by atomic mass is 10.1. The molecule has 6 heteroatoms. The predicted octanol–water partition coefficient (Wildman–Crippen LogP) is 4.57. The summed E-state index contributed by atoms with van der Waals surface area (Å²) in [7, 11) is 0. The maximum atomic E-state index is 10.8. The van der Waals surface area contributed by atoms with Crippen molar-refractivity contribution >= 4 is 40.3 Å². The van der Waals surface area contributed by atoms with Crippen LogP contribution in [0.2, 0.25) is 5.02 Å². The van der Waals surface area contributed by atoms with Crippen LogP contribution < -0.4 is 5.32 Å². The van der Waals surface area contributed by atoms with Crippen molar-refractivity contribution in [2.75, 3.05) is 11.0 Å². The minimum absolute atomic E-state index is 0.277. The minimum atomic E-state index is -0.458. The highest BCUT2D eigenvalue weighted by atomic mass is 127. The molecule has 1 aromatic rings. The lowest BCUT2D eigenvalue weighted by Gasteiger charge is -2.01. The summed E-state index contributed by atoms with van der Waals surface area (Å²) in [5, 5.41) is 12.4. The number of phenolic OH excluding ortho intramolecular Hbond substituents is 1. The molecule has 1 aromatic carbocycles. The first kappa shape index (κ1) is 20.9. The summed E-state index contributed by atoms with van der Waals surface area (Å²) < 4.78 is 5.18. The van der Waals surface area contributed by atoms with Gasteiger partial charge in [0.1, 0.15) is 11.9 Å². The number of hydrogen-bond donors (Lipinski definition) is 2. The third kappa shape index (κ3) is 9.74. The van der Waals surface area contributed by atoms with Gasteiger partial charge in [-0.2, -0.15) is 0 Å². The van der Waals surface area contributed by atoms with Crippen LogP contribution in [0.5, 0.6) is 5.75 Å². The number of alkyl carbamates (subject to hydrolysis) is 1. The third-order valence-corrected chi connectivity index (χ3v) is 3.48. The van der Waals surface area contributed by atoms with E-state index in [9.17, 15) is 4.79 Å². The molecule has 0 radical (unpaired) electrons. The second-order valence-electron chi connectivity index (χ2n) is 4.48. The van der Waals surface area contributed by atoms with Crippen LogP contribution in [-0.2, 0) is 4.74 Å². The van der Waals surface area contributed by atoms with E-state index in [1.165, 1.54) is 0 Å². The zero-order valence-electron chi connectivity index (χ0n) is 13.0. The zero-order chi connectivity index (χ0) is 17.0. The predicted molar refractivity (Wildman–Crippen MR) is 98.6 cm³/mol. The van der Waals surface area contributed by atoms with E-state index in [1.807, 2.05) is 13.8 Å². The number of hydrogen-bond acceptors (Lipinski definition) is 3.